The van der Waals surface area contributed by atoms with E-state index in [1.54, 1.807) is 23.1 Å². The summed E-state index contributed by atoms with van der Waals surface area (Å²) in [6.07, 6.45) is 1.56. The molecule has 3 aromatic rings. The second-order valence-electron chi connectivity index (χ2n) is 8.32. The Morgan fingerprint density at radius 1 is 1.00 bits per heavy atom. The number of piperazine rings is 1. The number of anilines is 1. The SMILES string of the molecule is CCOc1cc(/C=C(/C#N)C(=O)N2CCN(c3ccccc3)CC2)cc(Cl)c1OCc1ccccc1. The monoisotopic (exact) mass is 501 g/mol. The third-order valence-corrected chi connectivity index (χ3v) is 6.19. The summed E-state index contributed by atoms with van der Waals surface area (Å²) >= 11 is 6.55. The third kappa shape index (κ3) is 6.18. The van der Waals surface area contributed by atoms with E-state index >= 15 is 0 Å². The van der Waals surface area contributed by atoms with Crippen LogP contribution in [0.25, 0.3) is 6.08 Å². The van der Waals surface area contributed by atoms with Gasteiger partial charge in [0.25, 0.3) is 5.91 Å². The molecule has 0 bridgehead atoms. The minimum atomic E-state index is -0.288. The Kier molecular flexibility index (Phi) is 8.48. The Labute approximate surface area is 216 Å². The largest absolute Gasteiger partial charge is 0.490 e. The minimum absolute atomic E-state index is 0.0552. The van der Waals surface area contributed by atoms with E-state index in [9.17, 15) is 10.1 Å². The molecule has 1 aliphatic rings. The van der Waals surface area contributed by atoms with Gasteiger partial charge in [-0.2, -0.15) is 5.26 Å². The Hall–Kier alpha value is -3.95. The summed E-state index contributed by atoms with van der Waals surface area (Å²) in [4.78, 5) is 17.1. The van der Waals surface area contributed by atoms with Crippen LogP contribution in [0.2, 0.25) is 5.02 Å². The van der Waals surface area contributed by atoms with Gasteiger partial charge in [-0.05, 0) is 48.4 Å². The van der Waals surface area contributed by atoms with Crippen LogP contribution in [0, 0.1) is 11.3 Å². The fraction of sp³-hybridized carbons (Fsp3) is 0.241. The van der Waals surface area contributed by atoms with Gasteiger partial charge in [-0.3, -0.25) is 4.79 Å². The molecule has 0 unspecified atom stereocenters. The number of rotatable bonds is 8. The number of hydrogen-bond acceptors (Lipinski definition) is 5. The fourth-order valence-corrected chi connectivity index (χ4v) is 4.36. The highest BCUT2D eigenvalue weighted by Crippen LogP contribution is 2.38. The highest BCUT2D eigenvalue weighted by atomic mass is 35.5. The molecule has 0 aromatic heterocycles. The van der Waals surface area contributed by atoms with E-state index in [4.69, 9.17) is 21.1 Å². The fourth-order valence-electron chi connectivity index (χ4n) is 4.09. The highest BCUT2D eigenvalue weighted by Gasteiger charge is 2.24. The van der Waals surface area contributed by atoms with Crippen molar-refractivity contribution in [1.29, 1.82) is 5.26 Å². The van der Waals surface area contributed by atoms with Gasteiger partial charge in [0.15, 0.2) is 11.5 Å². The number of benzene rings is 3. The Bertz CT molecular complexity index is 1250. The summed E-state index contributed by atoms with van der Waals surface area (Å²) in [5.74, 6) is 0.610. The zero-order valence-electron chi connectivity index (χ0n) is 20.2. The molecule has 6 nitrogen and oxygen atoms in total. The normalized spacial score (nSPS) is 13.8. The lowest BCUT2D eigenvalue weighted by molar-refractivity contribution is -0.126. The quantitative estimate of drug-likeness (QED) is 0.298. The van der Waals surface area contributed by atoms with E-state index in [1.165, 1.54) is 0 Å². The minimum Gasteiger partial charge on any atom is -0.490 e. The maximum atomic E-state index is 13.1. The molecule has 1 aliphatic heterocycles. The zero-order valence-corrected chi connectivity index (χ0v) is 20.9. The van der Waals surface area contributed by atoms with Crippen LogP contribution in [0.1, 0.15) is 18.1 Å². The molecule has 4 rings (SSSR count). The van der Waals surface area contributed by atoms with Gasteiger partial charge in [0.1, 0.15) is 18.2 Å². The smallest absolute Gasteiger partial charge is 0.264 e. The van der Waals surface area contributed by atoms with Crippen LogP contribution in [0.3, 0.4) is 0 Å². The van der Waals surface area contributed by atoms with Gasteiger partial charge in [0.05, 0.1) is 11.6 Å². The van der Waals surface area contributed by atoms with Gasteiger partial charge in [-0.1, -0.05) is 60.1 Å². The Morgan fingerprint density at radius 3 is 2.31 bits per heavy atom. The van der Waals surface area contributed by atoms with E-state index in [1.807, 2.05) is 55.5 Å². The standard InChI is InChI=1S/C29H28ClN3O3/c1-2-35-27-19-23(18-26(30)28(27)36-21-22-9-5-3-6-10-22)17-24(20-31)29(34)33-15-13-32(14-16-33)25-11-7-4-8-12-25/h3-12,17-19H,2,13-16,21H2,1H3/b24-17-. The predicted octanol–water partition coefficient (Wildman–Crippen LogP) is 5.57. The van der Waals surface area contributed by atoms with Crippen molar-refractivity contribution in [2.24, 2.45) is 0 Å². The lowest BCUT2D eigenvalue weighted by Crippen LogP contribution is -2.49. The number of para-hydroxylation sites is 1. The lowest BCUT2D eigenvalue weighted by Gasteiger charge is -2.36. The molecular formula is C29H28ClN3O3. The second-order valence-corrected chi connectivity index (χ2v) is 8.73. The van der Waals surface area contributed by atoms with Crippen LogP contribution >= 0.6 is 11.6 Å². The summed E-state index contributed by atoms with van der Waals surface area (Å²) in [6.45, 7) is 5.14. The summed E-state index contributed by atoms with van der Waals surface area (Å²) < 4.78 is 11.7. The molecule has 184 valence electrons. The van der Waals surface area contributed by atoms with Crippen molar-refractivity contribution in [3.8, 4) is 17.6 Å². The number of carbonyl (C=O) groups excluding carboxylic acids is 1. The van der Waals surface area contributed by atoms with Crippen LogP contribution < -0.4 is 14.4 Å². The van der Waals surface area contributed by atoms with Crippen molar-refractivity contribution in [2.75, 3.05) is 37.7 Å². The highest BCUT2D eigenvalue weighted by molar-refractivity contribution is 6.32. The Morgan fingerprint density at radius 2 is 1.67 bits per heavy atom. The van der Waals surface area contributed by atoms with Gasteiger partial charge in [-0.15, -0.1) is 0 Å². The number of ether oxygens (including phenoxy) is 2. The predicted molar refractivity (Wildman–Crippen MR) is 142 cm³/mol. The van der Waals surface area contributed by atoms with E-state index in [-0.39, 0.29) is 11.5 Å². The molecule has 1 heterocycles. The topological polar surface area (TPSA) is 65.8 Å². The number of carbonyl (C=O) groups is 1. The molecule has 1 amide bonds. The maximum Gasteiger partial charge on any atom is 0.264 e. The number of nitrogens with zero attached hydrogens (tertiary/aromatic N) is 3. The van der Waals surface area contributed by atoms with E-state index in [0.717, 1.165) is 11.3 Å². The Balaban J connectivity index is 1.48. The zero-order chi connectivity index (χ0) is 25.3. The molecule has 1 saturated heterocycles. The van der Waals surface area contributed by atoms with Crippen LogP contribution in [0.15, 0.2) is 78.4 Å². The summed E-state index contributed by atoms with van der Waals surface area (Å²) in [6, 6.07) is 25.4. The van der Waals surface area contributed by atoms with Crippen LogP contribution in [-0.4, -0.2) is 43.6 Å². The number of halogens is 1. The van der Waals surface area contributed by atoms with Crippen molar-refractivity contribution in [3.05, 3.63) is 94.5 Å². The molecule has 0 aliphatic carbocycles. The molecular weight excluding hydrogens is 474 g/mol. The molecule has 0 N–H and O–H groups in total. The van der Waals surface area contributed by atoms with Gasteiger partial charge in [0, 0.05) is 31.9 Å². The molecule has 0 spiro atoms. The van der Waals surface area contributed by atoms with Crippen LogP contribution in [-0.2, 0) is 11.4 Å². The summed E-state index contributed by atoms with van der Waals surface area (Å²) in [7, 11) is 0. The van der Waals surface area contributed by atoms with Crippen molar-refractivity contribution < 1.29 is 14.3 Å². The third-order valence-electron chi connectivity index (χ3n) is 5.91. The number of nitriles is 1. The van der Waals surface area contributed by atoms with Gasteiger partial charge >= 0.3 is 0 Å². The first kappa shape index (κ1) is 25.2. The molecule has 0 radical (unpaired) electrons. The average Bonchev–Trinajstić information content (AvgIpc) is 2.92. The molecule has 0 atom stereocenters. The number of hydrogen-bond donors (Lipinski definition) is 0. The van der Waals surface area contributed by atoms with Crippen molar-refractivity contribution in [1.82, 2.24) is 4.90 Å². The first-order valence-electron chi connectivity index (χ1n) is 11.9. The van der Waals surface area contributed by atoms with E-state index in [2.05, 4.69) is 23.1 Å². The lowest BCUT2D eigenvalue weighted by atomic mass is 10.1. The summed E-state index contributed by atoms with van der Waals surface area (Å²) in [5.41, 5.74) is 2.79. The van der Waals surface area contributed by atoms with Gasteiger partial charge in [-0.25, -0.2) is 0 Å². The first-order chi connectivity index (χ1) is 17.6. The molecule has 3 aromatic carbocycles. The molecule has 36 heavy (non-hydrogen) atoms. The maximum absolute atomic E-state index is 13.1. The first-order valence-corrected chi connectivity index (χ1v) is 12.3. The van der Waals surface area contributed by atoms with Gasteiger partial charge < -0.3 is 19.3 Å². The average molecular weight is 502 g/mol. The van der Waals surface area contributed by atoms with Crippen LogP contribution in [0.5, 0.6) is 11.5 Å². The van der Waals surface area contributed by atoms with Crippen molar-refractivity contribution in [2.45, 2.75) is 13.5 Å². The van der Waals surface area contributed by atoms with Crippen molar-refractivity contribution >= 4 is 29.3 Å². The van der Waals surface area contributed by atoms with E-state index in [0.29, 0.717) is 61.5 Å². The van der Waals surface area contributed by atoms with Crippen molar-refractivity contribution in [3.63, 3.8) is 0 Å². The molecule has 7 heteroatoms. The van der Waals surface area contributed by atoms with Crippen LogP contribution in [0.4, 0.5) is 5.69 Å². The second kappa shape index (κ2) is 12.1. The molecule has 0 saturated carbocycles. The number of amides is 1. The van der Waals surface area contributed by atoms with E-state index < -0.39 is 0 Å². The van der Waals surface area contributed by atoms with Gasteiger partial charge in [0.2, 0.25) is 0 Å². The molecule has 1 fully saturated rings. The summed E-state index contributed by atoms with van der Waals surface area (Å²) in [5, 5.41) is 10.1.